The molecule has 0 bridgehead atoms. The van der Waals surface area contributed by atoms with Crippen molar-refractivity contribution >= 4 is 17.3 Å². The highest BCUT2D eigenvalue weighted by Crippen LogP contribution is 2.16. The number of piperazine rings is 1. The summed E-state index contributed by atoms with van der Waals surface area (Å²) in [6, 6.07) is 5.53. The first-order chi connectivity index (χ1) is 13.5. The van der Waals surface area contributed by atoms with Gasteiger partial charge in [-0.15, -0.1) is 0 Å². The lowest BCUT2D eigenvalue weighted by molar-refractivity contribution is 0.0630. The summed E-state index contributed by atoms with van der Waals surface area (Å²) in [5.41, 5.74) is 0.962. The van der Waals surface area contributed by atoms with E-state index < -0.39 is 0 Å². The van der Waals surface area contributed by atoms with Crippen LogP contribution in [-0.2, 0) is 0 Å². The number of hydrogen-bond acceptors (Lipinski definition) is 5. The number of nitrogens with one attached hydrogen (secondary N) is 1. The first-order valence-corrected chi connectivity index (χ1v) is 9.93. The van der Waals surface area contributed by atoms with Crippen LogP contribution in [-0.4, -0.2) is 95.8 Å². The molecule has 0 atom stereocenters. The maximum absolute atomic E-state index is 13.1. The van der Waals surface area contributed by atoms with Gasteiger partial charge in [0.25, 0.3) is 11.8 Å². The molecule has 1 aliphatic heterocycles. The molecule has 3 rings (SSSR count). The van der Waals surface area contributed by atoms with Crippen molar-refractivity contribution < 1.29 is 9.59 Å². The molecule has 2 aromatic rings. The number of rotatable bonds is 7. The largest absolute Gasteiger partial charge is 0.351 e. The zero-order chi connectivity index (χ0) is 20.1. The Hall–Kier alpha value is -2.45. The monoisotopic (exact) mass is 386 g/mol. The van der Waals surface area contributed by atoms with Crippen LogP contribution in [0.1, 0.15) is 34.5 Å². The molecular formula is C20H30N6O2. The second kappa shape index (κ2) is 9.16. The van der Waals surface area contributed by atoms with Gasteiger partial charge in [0.15, 0.2) is 5.69 Å². The second-order valence-electron chi connectivity index (χ2n) is 7.38. The number of amides is 2. The minimum Gasteiger partial charge on any atom is -0.351 e. The molecule has 0 aromatic carbocycles. The van der Waals surface area contributed by atoms with Crippen molar-refractivity contribution in [2.24, 2.45) is 0 Å². The Labute approximate surface area is 166 Å². The fourth-order valence-electron chi connectivity index (χ4n) is 3.45. The Morgan fingerprint density at radius 1 is 1.18 bits per heavy atom. The van der Waals surface area contributed by atoms with Crippen LogP contribution in [0.5, 0.6) is 0 Å². The fourth-order valence-corrected chi connectivity index (χ4v) is 3.45. The number of imidazole rings is 1. The topological polar surface area (TPSA) is 73.2 Å². The van der Waals surface area contributed by atoms with Gasteiger partial charge in [0.05, 0.1) is 5.52 Å². The molecule has 1 saturated heterocycles. The van der Waals surface area contributed by atoms with E-state index in [1.165, 1.54) is 0 Å². The van der Waals surface area contributed by atoms with E-state index in [9.17, 15) is 9.59 Å². The van der Waals surface area contributed by atoms with Crippen LogP contribution < -0.4 is 5.32 Å². The average Bonchev–Trinajstić information content (AvgIpc) is 3.10. The van der Waals surface area contributed by atoms with E-state index in [0.717, 1.165) is 32.6 Å². The molecule has 28 heavy (non-hydrogen) atoms. The minimum absolute atomic E-state index is 0.122. The normalized spacial score (nSPS) is 15.4. The maximum Gasteiger partial charge on any atom is 0.290 e. The molecule has 0 saturated carbocycles. The van der Waals surface area contributed by atoms with Gasteiger partial charge >= 0.3 is 0 Å². The van der Waals surface area contributed by atoms with Gasteiger partial charge in [-0.25, -0.2) is 4.98 Å². The number of carbonyl (C=O) groups excluding carboxylic acids is 2. The number of likely N-dealkylation sites (N-methyl/N-ethyl adjacent to an activating group) is 1. The standard InChI is InChI=1S/C20H30N6O2/c1-4-24-12-14-25(15-13-24)20(28)18-22-17(16-8-5-6-11-26(16)18)19(27)21-9-7-10-23(2)3/h5-6,8,11H,4,7,9-10,12-15H2,1-3H3,(H,21,27). The van der Waals surface area contributed by atoms with Gasteiger partial charge in [-0.05, 0) is 45.7 Å². The summed E-state index contributed by atoms with van der Waals surface area (Å²) in [6.07, 6.45) is 2.65. The molecule has 1 N–H and O–H groups in total. The highest BCUT2D eigenvalue weighted by molar-refractivity contribution is 6.02. The summed E-state index contributed by atoms with van der Waals surface area (Å²) in [4.78, 5) is 36.4. The van der Waals surface area contributed by atoms with Crippen LogP contribution in [0.15, 0.2) is 24.4 Å². The molecule has 0 radical (unpaired) electrons. The molecule has 2 amide bonds. The lowest BCUT2D eigenvalue weighted by Gasteiger charge is -2.33. The number of carbonyl (C=O) groups is 2. The molecule has 8 heteroatoms. The summed E-state index contributed by atoms with van der Waals surface area (Å²) in [7, 11) is 4.01. The summed E-state index contributed by atoms with van der Waals surface area (Å²) >= 11 is 0. The van der Waals surface area contributed by atoms with Crippen molar-refractivity contribution in [2.75, 3.05) is 59.9 Å². The second-order valence-corrected chi connectivity index (χ2v) is 7.38. The van der Waals surface area contributed by atoms with E-state index in [2.05, 4.69) is 27.0 Å². The van der Waals surface area contributed by atoms with Crippen LogP contribution in [0.4, 0.5) is 0 Å². The molecule has 0 spiro atoms. The zero-order valence-electron chi connectivity index (χ0n) is 17.0. The number of hydrogen-bond donors (Lipinski definition) is 1. The molecule has 0 unspecified atom stereocenters. The quantitative estimate of drug-likeness (QED) is 0.713. The van der Waals surface area contributed by atoms with Crippen LogP contribution in [0.3, 0.4) is 0 Å². The Morgan fingerprint density at radius 2 is 1.93 bits per heavy atom. The van der Waals surface area contributed by atoms with Crippen LogP contribution in [0.2, 0.25) is 0 Å². The van der Waals surface area contributed by atoms with E-state index in [4.69, 9.17) is 0 Å². The first kappa shape index (κ1) is 20.3. The summed E-state index contributed by atoms with van der Waals surface area (Å²) in [5.74, 6) is -0.0556. The van der Waals surface area contributed by atoms with E-state index in [0.29, 0.717) is 36.7 Å². The zero-order valence-corrected chi connectivity index (χ0v) is 17.0. The number of pyridine rings is 1. The van der Waals surface area contributed by atoms with Gasteiger partial charge in [-0.1, -0.05) is 13.0 Å². The van der Waals surface area contributed by atoms with Crippen molar-refractivity contribution in [3.63, 3.8) is 0 Å². The molecule has 1 fully saturated rings. The Bertz CT molecular complexity index is 823. The third-order valence-electron chi connectivity index (χ3n) is 5.13. The average molecular weight is 387 g/mol. The Kier molecular flexibility index (Phi) is 6.64. The maximum atomic E-state index is 13.1. The van der Waals surface area contributed by atoms with E-state index in [-0.39, 0.29) is 11.8 Å². The molecule has 0 aliphatic carbocycles. The Morgan fingerprint density at radius 3 is 2.61 bits per heavy atom. The van der Waals surface area contributed by atoms with Crippen molar-refractivity contribution in [3.8, 4) is 0 Å². The fraction of sp³-hybridized carbons (Fsp3) is 0.550. The van der Waals surface area contributed by atoms with Gasteiger partial charge in [-0.2, -0.15) is 0 Å². The number of fused-ring (bicyclic) bond motifs is 1. The van der Waals surface area contributed by atoms with Gasteiger partial charge in [0.1, 0.15) is 0 Å². The first-order valence-electron chi connectivity index (χ1n) is 9.93. The van der Waals surface area contributed by atoms with Crippen LogP contribution in [0, 0.1) is 0 Å². The highest BCUT2D eigenvalue weighted by Gasteiger charge is 2.27. The van der Waals surface area contributed by atoms with Gasteiger partial charge in [0, 0.05) is 38.9 Å². The predicted molar refractivity (Wildman–Crippen MR) is 109 cm³/mol. The summed E-state index contributed by atoms with van der Waals surface area (Å²) in [5, 5.41) is 2.92. The molecule has 2 aromatic heterocycles. The van der Waals surface area contributed by atoms with Crippen molar-refractivity contribution in [2.45, 2.75) is 13.3 Å². The van der Waals surface area contributed by atoms with E-state index in [1.54, 1.807) is 10.6 Å². The highest BCUT2D eigenvalue weighted by atomic mass is 16.2. The molecule has 8 nitrogen and oxygen atoms in total. The summed E-state index contributed by atoms with van der Waals surface area (Å²) < 4.78 is 1.73. The predicted octanol–water partition coefficient (Wildman–Crippen LogP) is 0.794. The molecule has 1 aliphatic rings. The third kappa shape index (κ3) is 4.51. The SMILES string of the molecule is CCN1CCN(C(=O)c2nc(C(=O)NCCCN(C)C)c3ccccn23)CC1. The number of aromatic nitrogens is 2. The summed E-state index contributed by atoms with van der Waals surface area (Å²) in [6.45, 7) is 7.69. The van der Waals surface area contributed by atoms with Gasteiger partial charge in [0.2, 0.25) is 5.82 Å². The lowest BCUT2D eigenvalue weighted by atomic mass is 10.3. The van der Waals surface area contributed by atoms with Crippen molar-refractivity contribution in [1.29, 1.82) is 0 Å². The van der Waals surface area contributed by atoms with E-state index in [1.807, 2.05) is 37.2 Å². The third-order valence-corrected chi connectivity index (χ3v) is 5.13. The van der Waals surface area contributed by atoms with E-state index >= 15 is 0 Å². The smallest absolute Gasteiger partial charge is 0.290 e. The van der Waals surface area contributed by atoms with Crippen molar-refractivity contribution in [3.05, 3.63) is 35.9 Å². The minimum atomic E-state index is -0.239. The molecule has 152 valence electrons. The molecular weight excluding hydrogens is 356 g/mol. The van der Waals surface area contributed by atoms with Crippen LogP contribution >= 0.6 is 0 Å². The van der Waals surface area contributed by atoms with Gasteiger partial charge < -0.3 is 20.0 Å². The lowest BCUT2D eigenvalue weighted by Crippen LogP contribution is -2.48. The number of nitrogens with zero attached hydrogens (tertiary/aromatic N) is 5. The van der Waals surface area contributed by atoms with Gasteiger partial charge in [-0.3, -0.25) is 14.0 Å². The van der Waals surface area contributed by atoms with Crippen molar-refractivity contribution in [1.82, 2.24) is 29.4 Å². The van der Waals surface area contributed by atoms with Crippen LogP contribution in [0.25, 0.3) is 5.52 Å². The Balaban J connectivity index is 1.77. The molecule has 3 heterocycles.